The predicted molar refractivity (Wildman–Crippen MR) is 89.4 cm³/mol. The quantitative estimate of drug-likeness (QED) is 0.306. The van der Waals surface area contributed by atoms with Gasteiger partial charge in [-0.2, -0.15) is 0 Å². The molecule has 2 heteroatoms. The lowest BCUT2D eigenvalue weighted by atomic mass is 9.85. The summed E-state index contributed by atoms with van der Waals surface area (Å²) in [7, 11) is 0. The third-order valence-electron chi connectivity index (χ3n) is 4.72. The van der Waals surface area contributed by atoms with Gasteiger partial charge in [-0.05, 0) is 32.6 Å². The van der Waals surface area contributed by atoms with Crippen molar-refractivity contribution in [3.05, 3.63) is 0 Å². The van der Waals surface area contributed by atoms with Crippen molar-refractivity contribution in [1.82, 2.24) is 0 Å². The second-order valence-electron chi connectivity index (χ2n) is 6.85. The highest BCUT2D eigenvalue weighted by atomic mass is 16.5. The van der Waals surface area contributed by atoms with Gasteiger partial charge >= 0.3 is 5.97 Å². The van der Waals surface area contributed by atoms with Gasteiger partial charge < -0.3 is 4.74 Å². The highest BCUT2D eigenvalue weighted by Gasteiger charge is 2.27. The molecule has 1 atom stereocenters. The molecule has 0 aliphatic heterocycles. The summed E-state index contributed by atoms with van der Waals surface area (Å²) in [5, 5.41) is 0. The van der Waals surface area contributed by atoms with E-state index in [0.717, 1.165) is 19.3 Å². The molecule has 1 aliphatic carbocycles. The highest BCUT2D eigenvalue weighted by Crippen LogP contribution is 2.28. The Kier molecular flexibility index (Phi) is 10.6. The summed E-state index contributed by atoms with van der Waals surface area (Å²) in [6.45, 7) is 4.31. The molecule has 0 spiro atoms. The average molecular weight is 296 g/mol. The number of ether oxygens (including phenoxy) is 1. The lowest BCUT2D eigenvalue weighted by Crippen LogP contribution is -2.27. The van der Waals surface area contributed by atoms with Crippen LogP contribution in [0.3, 0.4) is 0 Å². The van der Waals surface area contributed by atoms with E-state index in [1.165, 1.54) is 70.6 Å². The smallest absolute Gasteiger partial charge is 0.309 e. The monoisotopic (exact) mass is 296 g/mol. The van der Waals surface area contributed by atoms with Crippen LogP contribution in [0.25, 0.3) is 0 Å². The second kappa shape index (κ2) is 12.1. The average Bonchev–Trinajstić information content (AvgIpc) is 2.38. The molecule has 0 N–H and O–H groups in total. The number of carbonyl (C=O) groups is 1. The van der Waals surface area contributed by atoms with E-state index in [0.29, 0.717) is 0 Å². The van der Waals surface area contributed by atoms with Crippen LogP contribution in [0.4, 0.5) is 0 Å². The molecule has 21 heavy (non-hydrogen) atoms. The number of rotatable bonds is 13. The number of hydrogen-bond acceptors (Lipinski definition) is 2. The molecule has 0 aromatic rings. The van der Waals surface area contributed by atoms with Crippen LogP contribution >= 0.6 is 0 Å². The minimum Gasteiger partial charge on any atom is -0.462 e. The Morgan fingerprint density at radius 2 is 1.48 bits per heavy atom. The van der Waals surface area contributed by atoms with E-state index >= 15 is 0 Å². The fraction of sp³-hybridized carbons (Fsp3) is 0.947. The first-order valence-corrected chi connectivity index (χ1v) is 9.44. The van der Waals surface area contributed by atoms with E-state index in [2.05, 4.69) is 6.92 Å². The van der Waals surface area contributed by atoms with Crippen molar-refractivity contribution >= 4 is 5.97 Å². The zero-order valence-electron chi connectivity index (χ0n) is 14.4. The van der Waals surface area contributed by atoms with Crippen LogP contribution in [0.2, 0.25) is 0 Å². The summed E-state index contributed by atoms with van der Waals surface area (Å²) in [5.41, 5.74) is 0. The minimum atomic E-state index is 0.0563. The zero-order chi connectivity index (χ0) is 15.3. The summed E-state index contributed by atoms with van der Waals surface area (Å²) in [4.78, 5) is 11.7. The Labute approximate surface area is 132 Å². The molecule has 1 aliphatic rings. The first-order valence-electron chi connectivity index (χ1n) is 9.44. The van der Waals surface area contributed by atoms with Gasteiger partial charge in [-0.15, -0.1) is 0 Å². The highest BCUT2D eigenvalue weighted by molar-refractivity contribution is 5.73. The van der Waals surface area contributed by atoms with E-state index in [1.807, 2.05) is 6.92 Å². The molecule has 2 nitrogen and oxygen atoms in total. The molecule has 0 bridgehead atoms. The van der Waals surface area contributed by atoms with E-state index in [4.69, 9.17) is 4.74 Å². The maximum Gasteiger partial charge on any atom is 0.309 e. The standard InChI is InChI=1S/C19H36O2/c1-3-4-5-6-7-8-9-10-11-12-14-17(2)21-19(20)18-15-13-16-18/h17-18H,3-16H2,1-2H3. The molecule has 1 unspecified atom stereocenters. The van der Waals surface area contributed by atoms with Crippen molar-refractivity contribution in [2.24, 2.45) is 5.92 Å². The third kappa shape index (κ3) is 9.16. The molecule has 0 radical (unpaired) electrons. The van der Waals surface area contributed by atoms with Crippen molar-refractivity contribution in [3.8, 4) is 0 Å². The van der Waals surface area contributed by atoms with Gasteiger partial charge in [0.1, 0.15) is 0 Å². The zero-order valence-corrected chi connectivity index (χ0v) is 14.4. The lowest BCUT2D eigenvalue weighted by Gasteiger charge is -2.25. The molecular formula is C19H36O2. The van der Waals surface area contributed by atoms with Crippen molar-refractivity contribution < 1.29 is 9.53 Å². The van der Waals surface area contributed by atoms with Gasteiger partial charge in [-0.1, -0.05) is 71.1 Å². The largest absolute Gasteiger partial charge is 0.462 e. The van der Waals surface area contributed by atoms with Gasteiger partial charge in [-0.25, -0.2) is 0 Å². The molecule has 1 rings (SSSR count). The van der Waals surface area contributed by atoms with Gasteiger partial charge in [0, 0.05) is 0 Å². The second-order valence-corrected chi connectivity index (χ2v) is 6.85. The van der Waals surface area contributed by atoms with Crippen LogP contribution in [0.5, 0.6) is 0 Å². The Morgan fingerprint density at radius 1 is 0.952 bits per heavy atom. The third-order valence-corrected chi connectivity index (χ3v) is 4.72. The first-order chi connectivity index (χ1) is 10.2. The van der Waals surface area contributed by atoms with E-state index in [-0.39, 0.29) is 18.0 Å². The molecule has 124 valence electrons. The molecule has 0 heterocycles. The number of hydrogen-bond donors (Lipinski definition) is 0. The van der Waals surface area contributed by atoms with Crippen LogP contribution in [-0.2, 0) is 9.53 Å². The molecular weight excluding hydrogens is 260 g/mol. The maximum absolute atomic E-state index is 11.7. The van der Waals surface area contributed by atoms with Crippen molar-refractivity contribution in [2.45, 2.75) is 110 Å². The van der Waals surface area contributed by atoms with E-state index in [9.17, 15) is 4.79 Å². The topological polar surface area (TPSA) is 26.3 Å². The number of esters is 1. The Morgan fingerprint density at radius 3 is 1.95 bits per heavy atom. The summed E-state index contributed by atoms with van der Waals surface area (Å²) >= 11 is 0. The molecule has 1 fully saturated rings. The Bertz CT molecular complexity index is 258. The number of carbonyl (C=O) groups excluding carboxylic acids is 1. The van der Waals surface area contributed by atoms with Crippen molar-refractivity contribution in [1.29, 1.82) is 0 Å². The molecule has 0 amide bonds. The van der Waals surface area contributed by atoms with Crippen LogP contribution in [0.1, 0.15) is 104 Å². The van der Waals surface area contributed by atoms with Gasteiger partial charge in [0.15, 0.2) is 0 Å². The molecule has 0 saturated heterocycles. The van der Waals surface area contributed by atoms with Crippen LogP contribution in [0.15, 0.2) is 0 Å². The predicted octanol–water partition coefficient (Wildman–Crippen LogP) is 6.03. The van der Waals surface area contributed by atoms with Crippen molar-refractivity contribution in [2.75, 3.05) is 0 Å². The fourth-order valence-electron chi connectivity index (χ4n) is 2.92. The van der Waals surface area contributed by atoms with Gasteiger partial charge in [-0.3, -0.25) is 4.79 Å². The molecule has 1 saturated carbocycles. The van der Waals surface area contributed by atoms with Crippen LogP contribution in [0, 0.1) is 5.92 Å². The summed E-state index contributed by atoms with van der Waals surface area (Å²) < 4.78 is 5.50. The number of unbranched alkanes of at least 4 members (excludes halogenated alkanes) is 9. The summed E-state index contributed by atoms with van der Waals surface area (Å²) in [6.07, 6.45) is 18.0. The summed E-state index contributed by atoms with van der Waals surface area (Å²) in [6, 6.07) is 0. The van der Waals surface area contributed by atoms with E-state index in [1.54, 1.807) is 0 Å². The first kappa shape index (κ1) is 18.5. The minimum absolute atomic E-state index is 0.0563. The fourth-order valence-corrected chi connectivity index (χ4v) is 2.92. The Balaban J connectivity index is 1.81. The SMILES string of the molecule is CCCCCCCCCCCCC(C)OC(=O)C1CCC1. The maximum atomic E-state index is 11.7. The Hall–Kier alpha value is -0.530. The van der Waals surface area contributed by atoms with Gasteiger partial charge in [0.2, 0.25) is 0 Å². The molecule has 0 aromatic carbocycles. The van der Waals surface area contributed by atoms with E-state index < -0.39 is 0 Å². The van der Waals surface area contributed by atoms with Crippen LogP contribution < -0.4 is 0 Å². The summed E-state index contributed by atoms with van der Waals surface area (Å²) in [5.74, 6) is 0.279. The van der Waals surface area contributed by atoms with Gasteiger partial charge in [0.05, 0.1) is 12.0 Å². The van der Waals surface area contributed by atoms with Gasteiger partial charge in [0.25, 0.3) is 0 Å². The normalized spacial score (nSPS) is 16.5. The lowest BCUT2D eigenvalue weighted by molar-refractivity contribution is -0.156. The van der Waals surface area contributed by atoms with Crippen molar-refractivity contribution in [3.63, 3.8) is 0 Å². The molecule has 0 aromatic heterocycles. The van der Waals surface area contributed by atoms with Crippen LogP contribution in [-0.4, -0.2) is 12.1 Å².